The summed E-state index contributed by atoms with van der Waals surface area (Å²) < 4.78 is 6.32. The number of carbonyl (C=O) groups is 1. The molecule has 1 unspecified atom stereocenters. The molecule has 2 aromatic carbocycles. The molecule has 9 heteroatoms. The number of aliphatic hydroxyl groups is 1. The second-order valence-corrected chi connectivity index (χ2v) is 6.79. The Morgan fingerprint density at radius 3 is 2.85 bits per heavy atom. The number of benzene rings is 2. The number of rotatable bonds is 6. The molecule has 1 aromatic heterocycles. The zero-order chi connectivity index (χ0) is 19.6. The number of esters is 1. The third-order valence-electron chi connectivity index (χ3n) is 4.00. The minimum atomic E-state index is -0.976. The van der Waals surface area contributed by atoms with Crippen LogP contribution in [0.2, 0.25) is 10.0 Å². The molecule has 1 atom stereocenters. The molecule has 0 amide bonds. The van der Waals surface area contributed by atoms with Crippen LogP contribution in [0.4, 0.5) is 17.3 Å². The van der Waals surface area contributed by atoms with E-state index < -0.39 is 12.1 Å². The lowest BCUT2D eigenvalue weighted by atomic mass is 10.2. The first-order valence-electron chi connectivity index (χ1n) is 8.10. The molecule has 0 fully saturated rings. The van der Waals surface area contributed by atoms with Gasteiger partial charge in [0.15, 0.2) is 0 Å². The van der Waals surface area contributed by atoms with E-state index in [0.29, 0.717) is 38.4 Å². The van der Waals surface area contributed by atoms with E-state index in [1.165, 1.54) is 7.11 Å². The number of para-hydroxylation sites is 1. The molecule has 0 bridgehead atoms. The molecule has 0 aliphatic carbocycles. The lowest BCUT2D eigenvalue weighted by Crippen LogP contribution is -2.21. The number of hydrogen-bond acceptors (Lipinski definition) is 6. The summed E-state index contributed by atoms with van der Waals surface area (Å²) in [5.41, 5.74) is 8.50. The summed E-state index contributed by atoms with van der Waals surface area (Å²) in [6.07, 6.45) is -1.12. The zero-order valence-electron chi connectivity index (χ0n) is 14.4. The van der Waals surface area contributed by atoms with Gasteiger partial charge in [-0.15, -0.1) is 0 Å². The van der Waals surface area contributed by atoms with Gasteiger partial charge in [0, 0.05) is 5.02 Å². The normalized spacial score (nSPS) is 12.1. The summed E-state index contributed by atoms with van der Waals surface area (Å²) >= 11 is 12.2. The average Bonchev–Trinajstić information content (AvgIpc) is 2.95. The van der Waals surface area contributed by atoms with Crippen molar-refractivity contribution in [2.24, 2.45) is 0 Å². The predicted octanol–water partition coefficient (Wildman–Crippen LogP) is 3.59. The van der Waals surface area contributed by atoms with E-state index >= 15 is 0 Å². The van der Waals surface area contributed by atoms with Crippen LogP contribution in [0.15, 0.2) is 36.4 Å². The van der Waals surface area contributed by atoms with Crippen molar-refractivity contribution < 1.29 is 14.6 Å². The summed E-state index contributed by atoms with van der Waals surface area (Å²) in [6.45, 7) is 0.0906. The Morgan fingerprint density at radius 1 is 1.37 bits per heavy atom. The van der Waals surface area contributed by atoms with Gasteiger partial charge in [0.25, 0.3) is 0 Å². The number of hydrogen-bond donors (Lipinski definition) is 3. The van der Waals surface area contributed by atoms with Crippen LogP contribution in [-0.2, 0) is 16.1 Å². The maximum absolute atomic E-state index is 11.5. The highest BCUT2D eigenvalue weighted by molar-refractivity contribution is 6.36. The highest BCUT2D eigenvalue weighted by atomic mass is 35.5. The van der Waals surface area contributed by atoms with E-state index in [1.54, 1.807) is 34.9 Å². The average molecular weight is 409 g/mol. The molecule has 0 saturated carbocycles. The number of carbonyl (C=O) groups excluding carboxylic acids is 1. The van der Waals surface area contributed by atoms with E-state index in [4.69, 9.17) is 28.9 Å². The molecule has 3 rings (SSSR count). The molecule has 3 aromatic rings. The fourth-order valence-electron chi connectivity index (χ4n) is 2.75. The Morgan fingerprint density at radius 2 is 2.15 bits per heavy atom. The molecule has 0 radical (unpaired) electrons. The van der Waals surface area contributed by atoms with Crippen molar-refractivity contribution >= 4 is 57.5 Å². The third kappa shape index (κ3) is 4.27. The van der Waals surface area contributed by atoms with Crippen LogP contribution in [0, 0.1) is 0 Å². The lowest BCUT2D eigenvalue weighted by molar-refractivity contribution is -0.142. The van der Waals surface area contributed by atoms with Gasteiger partial charge < -0.3 is 25.5 Å². The first kappa shape index (κ1) is 19.3. The Bertz CT molecular complexity index is 990. The van der Waals surface area contributed by atoms with Crippen molar-refractivity contribution in [1.82, 2.24) is 9.55 Å². The van der Waals surface area contributed by atoms with Crippen molar-refractivity contribution in [3.8, 4) is 0 Å². The fraction of sp³-hybridized carbons (Fsp3) is 0.222. The van der Waals surface area contributed by atoms with Crippen LogP contribution in [-0.4, -0.2) is 33.8 Å². The van der Waals surface area contributed by atoms with E-state index in [9.17, 15) is 9.90 Å². The van der Waals surface area contributed by atoms with Crippen molar-refractivity contribution in [2.45, 2.75) is 19.1 Å². The van der Waals surface area contributed by atoms with E-state index in [1.807, 2.05) is 6.07 Å². The number of fused-ring (bicyclic) bond motifs is 1. The topological polar surface area (TPSA) is 102 Å². The van der Waals surface area contributed by atoms with E-state index in [-0.39, 0.29) is 13.0 Å². The highest BCUT2D eigenvalue weighted by Crippen LogP contribution is 2.31. The van der Waals surface area contributed by atoms with Gasteiger partial charge in [-0.1, -0.05) is 29.3 Å². The lowest BCUT2D eigenvalue weighted by Gasteiger charge is -2.16. The molecular formula is C18H18Cl2N4O3. The minimum absolute atomic E-state index is 0.0906. The second kappa shape index (κ2) is 8.04. The van der Waals surface area contributed by atoms with Gasteiger partial charge >= 0.3 is 5.97 Å². The molecule has 142 valence electrons. The fourth-order valence-corrected chi connectivity index (χ4v) is 3.20. The summed E-state index contributed by atoms with van der Waals surface area (Å²) in [5, 5.41) is 14.4. The molecule has 4 N–H and O–H groups in total. The zero-order valence-corrected chi connectivity index (χ0v) is 16.0. The molecule has 7 nitrogen and oxygen atoms in total. The molecule has 0 aliphatic rings. The summed E-state index contributed by atoms with van der Waals surface area (Å²) in [5.74, 6) is -0.0776. The minimum Gasteiger partial charge on any atom is -0.469 e. The number of aromatic nitrogens is 2. The van der Waals surface area contributed by atoms with Gasteiger partial charge in [-0.3, -0.25) is 4.79 Å². The number of nitrogen functional groups attached to an aromatic ring is 1. The van der Waals surface area contributed by atoms with Crippen molar-refractivity contribution in [1.29, 1.82) is 0 Å². The van der Waals surface area contributed by atoms with Gasteiger partial charge in [0.1, 0.15) is 0 Å². The number of halogens is 2. The highest BCUT2D eigenvalue weighted by Gasteiger charge is 2.19. The smallest absolute Gasteiger partial charge is 0.308 e. The maximum Gasteiger partial charge on any atom is 0.308 e. The molecule has 0 saturated heterocycles. The molecule has 0 spiro atoms. The molecule has 1 heterocycles. The van der Waals surface area contributed by atoms with Crippen LogP contribution in [0.3, 0.4) is 0 Å². The van der Waals surface area contributed by atoms with Gasteiger partial charge in [0.05, 0.1) is 53.6 Å². The SMILES string of the molecule is COC(=O)CC(O)Cn1c(Nc2ccc(Cl)cc2Cl)nc2cccc(N)c21. The maximum atomic E-state index is 11.5. The van der Waals surface area contributed by atoms with Crippen LogP contribution in [0.1, 0.15) is 6.42 Å². The quantitative estimate of drug-likeness (QED) is 0.425. The first-order chi connectivity index (χ1) is 12.9. The third-order valence-corrected chi connectivity index (χ3v) is 4.55. The summed E-state index contributed by atoms with van der Waals surface area (Å²) in [6, 6.07) is 10.4. The Balaban J connectivity index is 2.01. The number of nitrogens with two attached hydrogens (primary N) is 1. The van der Waals surface area contributed by atoms with E-state index in [2.05, 4.69) is 15.0 Å². The van der Waals surface area contributed by atoms with Gasteiger partial charge in [-0.25, -0.2) is 4.98 Å². The summed E-state index contributed by atoms with van der Waals surface area (Å²) in [4.78, 5) is 16.0. The first-order valence-corrected chi connectivity index (χ1v) is 8.86. The van der Waals surface area contributed by atoms with Crippen molar-refractivity contribution in [3.63, 3.8) is 0 Å². The molecular weight excluding hydrogens is 391 g/mol. The number of anilines is 3. The number of methoxy groups -OCH3 is 1. The number of nitrogens with zero attached hydrogens (tertiary/aromatic N) is 2. The Hall–Kier alpha value is -2.48. The molecule has 0 aliphatic heterocycles. The van der Waals surface area contributed by atoms with Gasteiger partial charge in [-0.05, 0) is 30.3 Å². The second-order valence-electron chi connectivity index (χ2n) is 5.94. The monoisotopic (exact) mass is 408 g/mol. The summed E-state index contributed by atoms with van der Waals surface area (Å²) in [7, 11) is 1.27. The number of imidazole rings is 1. The number of aliphatic hydroxyl groups excluding tert-OH is 1. The Labute approximate surface area is 165 Å². The predicted molar refractivity (Wildman–Crippen MR) is 107 cm³/mol. The van der Waals surface area contributed by atoms with Crippen LogP contribution >= 0.6 is 23.2 Å². The van der Waals surface area contributed by atoms with Crippen molar-refractivity contribution in [3.05, 3.63) is 46.4 Å². The van der Waals surface area contributed by atoms with E-state index in [0.717, 1.165) is 0 Å². The Kier molecular flexibility index (Phi) is 5.74. The molecule has 27 heavy (non-hydrogen) atoms. The standard InChI is InChI=1S/C18H18Cl2N4O3/c1-27-16(26)8-11(25)9-24-17-13(21)3-2-4-15(17)23-18(24)22-14-6-5-10(19)7-12(14)20/h2-7,11,25H,8-9,21H2,1H3,(H,22,23). The number of ether oxygens (including phenoxy) is 1. The van der Waals surface area contributed by atoms with Crippen LogP contribution in [0.25, 0.3) is 11.0 Å². The number of nitrogens with one attached hydrogen (secondary N) is 1. The largest absolute Gasteiger partial charge is 0.469 e. The van der Waals surface area contributed by atoms with Gasteiger partial charge in [0.2, 0.25) is 5.95 Å². The van der Waals surface area contributed by atoms with Crippen molar-refractivity contribution in [2.75, 3.05) is 18.2 Å². The van der Waals surface area contributed by atoms with Crippen LogP contribution < -0.4 is 11.1 Å². The van der Waals surface area contributed by atoms with Crippen LogP contribution in [0.5, 0.6) is 0 Å². The van der Waals surface area contributed by atoms with Gasteiger partial charge in [-0.2, -0.15) is 0 Å².